The van der Waals surface area contributed by atoms with Crippen molar-refractivity contribution >= 4 is 28.7 Å². The second-order valence-corrected chi connectivity index (χ2v) is 12.1. The van der Waals surface area contributed by atoms with Gasteiger partial charge in [-0.15, -0.1) is 0 Å². The molecule has 0 saturated carbocycles. The zero-order chi connectivity index (χ0) is 26.5. The lowest BCUT2D eigenvalue weighted by Gasteiger charge is -2.23. The SMILES string of the molecule is CC(C)c1cccc(Oc2ccc(P(=O)(c3ccccc3)c3ccccc3)c(Oc3cccc(N)c3)c2)c1. The smallest absolute Gasteiger partial charge is 0.174 e. The van der Waals surface area contributed by atoms with Crippen molar-refractivity contribution in [3.8, 4) is 23.0 Å². The Morgan fingerprint density at radius 2 is 1.18 bits per heavy atom. The van der Waals surface area contributed by atoms with Gasteiger partial charge in [-0.2, -0.15) is 0 Å². The molecule has 0 radical (unpaired) electrons. The molecule has 0 atom stereocenters. The van der Waals surface area contributed by atoms with Gasteiger partial charge < -0.3 is 19.8 Å². The first kappa shape index (κ1) is 25.4. The van der Waals surface area contributed by atoms with Gasteiger partial charge in [-0.05, 0) is 47.9 Å². The molecule has 4 nitrogen and oxygen atoms in total. The number of rotatable bonds is 8. The van der Waals surface area contributed by atoms with Crippen LogP contribution in [0.4, 0.5) is 5.69 Å². The van der Waals surface area contributed by atoms with Crippen molar-refractivity contribution in [2.45, 2.75) is 19.8 Å². The van der Waals surface area contributed by atoms with Crippen LogP contribution >= 0.6 is 7.14 Å². The van der Waals surface area contributed by atoms with E-state index >= 15 is 4.57 Å². The first-order chi connectivity index (χ1) is 18.4. The predicted octanol–water partition coefficient (Wildman–Crippen LogP) is 7.62. The van der Waals surface area contributed by atoms with Gasteiger partial charge in [0.1, 0.15) is 23.0 Å². The van der Waals surface area contributed by atoms with Gasteiger partial charge in [0.05, 0.1) is 5.30 Å². The van der Waals surface area contributed by atoms with Gasteiger partial charge in [-0.25, -0.2) is 0 Å². The average molecular weight is 520 g/mol. The van der Waals surface area contributed by atoms with Crippen LogP contribution in [0.2, 0.25) is 0 Å². The van der Waals surface area contributed by atoms with E-state index in [1.165, 1.54) is 5.56 Å². The number of benzene rings is 5. The molecule has 0 bridgehead atoms. The van der Waals surface area contributed by atoms with E-state index in [-0.39, 0.29) is 0 Å². The van der Waals surface area contributed by atoms with Gasteiger partial charge in [-0.3, -0.25) is 0 Å². The topological polar surface area (TPSA) is 61.5 Å². The molecule has 0 saturated heterocycles. The Morgan fingerprint density at radius 3 is 1.79 bits per heavy atom. The van der Waals surface area contributed by atoms with Crippen molar-refractivity contribution in [2.24, 2.45) is 0 Å². The lowest BCUT2D eigenvalue weighted by atomic mass is 10.0. The summed E-state index contributed by atoms with van der Waals surface area (Å²) in [5, 5.41) is 2.03. The summed E-state index contributed by atoms with van der Waals surface area (Å²) in [5.41, 5.74) is 7.80. The van der Waals surface area contributed by atoms with E-state index in [9.17, 15) is 0 Å². The Morgan fingerprint density at radius 1 is 0.605 bits per heavy atom. The maximum atomic E-state index is 15.1. The zero-order valence-corrected chi connectivity index (χ0v) is 22.3. The molecule has 5 heteroatoms. The summed E-state index contributed by atoms with van der Waals surface area (Å²) in [6.07, 6.45) is 0. The van der Waals surface area contributed by atoms with Crippen molar-refractivity contribution < 1.29 is 14.0 Å². The van der Waals surface area contributed by atoms with Crippen molar-refractivity contribution in [2.75, 3.05) is 5.73 Å². The summed E-state index contributed by atoms with van der Waals surface area (Å²) in [6, 6.07) is 39.8. The van der Waals surface area contributed by atoms with Crippen LogP contribution in [0.15, 0.2) is 127 Å². The number of hydrogen-bond acceptors (Lipinski definition) is 4. The predicted molar refractivity (Wildman–Crippen MR) is 157 cm³/mol. The van der Waals surface area contributed by atoms with E-state index in [2.05, 4.69) is 19.9 Å². The van der Waals surface area contributed by atoms with Gasteiger partial charge in [0.25, 0.3) is 0 Å². The summed E-state index contributed by atoms with van der Waals surface area (Å²) in [4.78, 5) is 0. The second kappa shape index (κ2) is 11.0. The number of ether oxygens (including phenoxy) is 2. The molecule has 0 unspecified atom stereocenters. The first-order valence-corrected chi connectivity index (χ1v) is 14.3. The maximum Gasteiger partial charge on any atom is 0.174 e. The third-order valence-corrected chi connectivity index (χ3v) is 9.46. The molecule has 0 aliphatic rings. The Hall–Kier alpha value is -4.27. The van der Waals surface area contributed by atoms with Crippen LogP contribution in [0, 0.1) is 0 Å². The third-order valence-electron chi connectivity index (χ3n) is 6.36. The highest BCUT2D eigenvalue weighted by molar-refractivity contribution is 7.85. The molecule has 5 rings (SSSR count). The van der Waals surface area contributed by atoms with Crippen LogP contribution in [-0.4, -0.2) is 0 Å². The van der Waals surface area contributed by atoms with Gasteiger partial charge in [-0.1, -0.05) is 92.7 Å². The Balaban J connectivity index is 1.66. The minimum Gasteiger partial charge on any atom is -0.457 e. The molecule has 0 amide bonds. The second-order valence-electron chi connectivity index (χ2n) is 9.41. The van der Waals surface area contributed by atoms with Gasteiger partial charge in [0.2, 0.25) is 0 Å². The Labute approximate surface area is 224 Å². The highest BCUT2D eigenvalue weighted by Gasteiger charge is 2.33. The summed E-state index contributed by atoms with van der Waals surface area (Å²) < 4.78 is 27.8. The number of nitrogen functional groups attached to an aromatic ring is 1. The van der Waals surface area contributed by atoms with Crippen molar-refractivity contribution in [3.63, 3.8) is 0 Å². The van der Waals surface area contributed by atoms with Crippen LogP contribution in [0.25, 0.3) is 0 Å². The monoisotopic (exact) mass is 519 g/mol. The van der Waals surface area contributed by atoms with Crippen LogP contribution in [0.5, 0.6) is 23.0 Å². The van der Waals surface area contributed by atoms with Gasteiger partial charge in [0, 0.05) is 28.4 Å². The molecule has 0 aliphatic carbocycles. The molecular formula is C33H30NO3P. The molecule has 38 heavy (non-hydrogen) atoms. The van der Waals surface area contributed by atoms with Crippen LogP contribution in [-0.2, 0) is 4.57 Å². The molecular weight excluding hydrogens is 489 g/mol. The fourth-order valence-corrected chi connectivity index (χ4v) is 7.12. The fourth-order valence-electron chi connectivity index (χ4n) is 4.38. The largest absolute Gasteiger partial charge is 0.457 e. The average Bonchev–Trinajstić information content (AvgIpc) is 2.94. The van der Waals surface area contributed by atoms with Gasteiger partial charge in [0.15, 0.2) is 7.14 Å². The Bertz CT molecular complexity index is 1540. The molecule has 0 spiro atoms. The van der Waals surface area contributed by atoms with Crippen LogP contribution in [0.3, 0.4) is 0 Å². The minimum absolute atomic E-state index is 0.381. The highest BCUT2D eigenvalue weighted by Crippen LogP contribution is 2.46. The lowest BCUT2D eigenvalue weighted by molar-refractivity contribution is 0.462. The van der Waals surface area contributed by atoms with E-state index in [1.54, 1.807) is 18.2 Å². The molecule has 5 aromatic carbocycles. The fraction of sp³-hybridized carbons (Fsp3) is 0.0909. The van der Waals surface area contributed by atoms with Crippen LogP contribution < -0.4 is 31.1 Å². The van der Waals surface area contributed by atoms with Crippen molar-refractivity contribution in [3.05, 3.63) is 133 Å². The molecule has 0 fully saturated rings. The number of hydrogen-bond donors (Lipinski definition) is 1. The molecule has 0 aliphatic heterocycles. The summed E-state index contributed by atoms with van der Waals surface area (Å²) in [6.45, 7) is 4.30. The maximum absolute atomic E-state index is 15.1. The third kappa shape index (κ3) is 5.37. The van der Waals surface area contributed by atoms with E-state index in [0.29, 0.717) is 34.2 Å². The van der Waals surface area contributed by atoms with E-state index in [0.717, 1.165) is 16.4 Å². The molecule has 0 aromatic heterocycles. The molecule has 5 aromatic rings. The Kier molecular flexibility index (Phi) is 7.35. The van der Waals surface area contributed by atoms with Crippen molar-refractivity contribution in [1.82, 2.24) is 0 Å². The molecule has 2 N–H and O–H groups in total. The normalized spacial score (nSPS) is 11.3. The molecule has 190 valence electrons. The standard InChI is InChI=1S/C33H30NO3P/c1-24(2)25-11-9-13-27(21-25)36-29-19-20-33(32(23-29)37-28-14-10-12-26(34)22-28)38(35,30-15-5-3-6-16-30)31-17-7-4-8-18-31/h3-24H,34H2,1-2H3. The number of nitrogens with two attached hydrogens (primary N) is 1. The van der Waals surface area contributed by atoms with Crippen molar-refractivity contribution in [1.29, 1.82) is 0 Å². The number of anilines is 1. The lowest BCUT2D eigenvalue weighted by Crippen LogP contribution is -2.26. The zero-order valence-electron chi connectivity index (χ0n) is 21.5. The van der Waals surface area contributed by atoms with Gasteiger partial charge >= 0.3 is 0 Å². The minimum atomic E-state index is -3.30. The quantitative estimate of drug-likeness (QED) is 0.169. The summed E-state index contributed by atoms with van der Waals surface area (Å²) in [5.74, 6) is 2.70. The van der Waals surface area contributed by atoms with E-state index in [1.807, 2.05) is 103 Å². The summed E-state index contributed by atoms with van der Waals surface area (Å²) >= 11 is 0. The van der Waals surface area contributed by atoms with Crippen LogP contribution in [0.1, 0.15) is 25.3 Å². The van der Waals surface area contributed by atoms with E-state index < -0.39 is 7.14 Å². The van der Waals surface area contributed by atoms with E-state index in [4.69, 9.17) is 15.2 Å². The highest BCUT2D eigenvalue weighted by atomic mass is 31.2. The molecule has 0 heterocycles. The first-order valence-electron chi connectivity index (χ1n) is 12.6. The summed E-state index contributed by atoms with van der Waals surface area (Å²) in [7, 11) is -3.30.